The first kappa shape index (κ1) is 34.4. The average molecular weight is 689 g/mol. The van der Waals surface area contributed by atoms with Crippen LogP contribution in [-0.2, 0) is 46.3 Å². The quantitative estimate of drug-likeness (QED) is 0.159. The normalized spacial score (nSPS) is 15.9. The summed E-state index contributed by atoms with van der Waals surface area (Å²) in [6, 6.07) is 29.4. The molecule has 5 aromatic carbocycles. The monoisotopic (exact) mass is 688 g/mol. The zero-order chi connectivity index (χ0) is 35.0. The van der Waals surface area contributed by atoms with Gasteiger partial charge in [0.25, 0.3) is 0 Å². The van der Waals surface area contributed by atoms with E-state index < -0.39 is 0 Å². The highest BCUT2D eigenvalue weighted by molar-refractivity contribution is 5.55. The van der Waals surface area contributed by atoms with Crippen LogP contribution < -0.4 is 9.47 Å². The maximum atomic E-state index is 11.7. The van der Waals surface area contributed by atoms with E-state index in [9.17, 15) is 15.3 Å². The van der Waals surface area contributed by atoms with Gasteiger partial charge in [-0.1, -0.05) is 91.0 Å². The maximum Gasteiger partial charge on any atom is 0.126 e. The minimum atomic E-state index is 0.189. The van der Waals surface area contributed by atoms with E-state index in [1.54, 1.807) is 0 Å². The second-order valence-corrected chi connectivity index (χ2v) is 13.0. The molecular weight excluding hydrogens is 644 g/mol. The van der Waals surface area contributed by atoms with Crippen LogP contribution in [0.25, 0.3) is 0 Å². The minimum Gasteiger partial charge on any atom is -0.507 e. The fourth-order valence-corrected chi connectivity index (χ4v) is 6.97. The van der Waals surface area contributed by atoms with Crippen molar-refractivity contribution in [3.05, 3.63) is 147 Å². The second kappa shape index (κ2) is 16.3. The van der Waals surface area contributed by atoms with E-state index in [-0.39, 0.29) is 17.2 Å². The van der Waals surface area contributed by atoms with Crippen molar-refractivity contribution in [1.82, 2.24) is 0 Å². The van der Waals surface area contributed by atoms with Crippen LogP contribution in [0.4, 0.5) is 0 Å². The van der Waals surface area contributed by atoms with Crippen molar-refractivity contribution in [2.24, 2.45) is 0 Å². The molecule has 0 aromatic heterocycles. The van der Waals surface area contributed by atoms with Gasteiger partial charge in [0, 0.05) is 32.1 Å². The Balaban J connectivity index is 1.39. The molecule has 0 fully saturated rings. The third-order valence-electron chi connectivity index (χ3n) is 9.56. The van der Waals surface area contributed by atoms with Crippen molar-refractivity contribution in [2.45, 2.75) is 32.1 Å². The predicted octanol–water partition coefficient (Wildman–Crippen LogP) is 6.89. The molecule has 3 N–H and O–H groups in total. The summed E-state index contributed by atoms with van der Waals surface area (Å²) in [4.78, 5) is 0. The van der Waals surface area contributed by atoms with Crippen LogP contribution in [-0.4, -0.2) is 68.2 Å². The zero-order valence-electron chi connectivity index (χ0n) is 28.7. The topological polar surface area (TPSA) is 107 Å². The molecule has 8 nitrogen and oxygen atoms in total. The van der Waals surface area contributed by atoms with E-state index in [0.29, 0.717) is 96.5 Å². The van der Waals surface area contributed by atoms with E-state index in [4.69, 9.17) is 23.7 Å². The lowest BCUT2D eigenvalue weighted by Crippen LogP contribution is -2.15. The van der Waals surface area contributed by atoms with Crippen LogP contribution in [0.1, 0.15) is 55.6 Å². The molecule has 1 heterocycles. The molecule has 0 amide bonds. The Morgan fingerprint density at radius 2 is 0.510 bits per heavy atom. The Labute approximate surface area is 298 Å². The Morgan fingerprint density at radius 3 is 0.784 bits per heavy atom. The third kappa shape index (κ3) is 8.15. The lowest BCUT2D eigenvalue weighted by atomic mass is 9.91. The van der Waals surface area contributed by atoms with E-state index in [0.717, 1.165) is 55.6 Å². The number of ether oxygens (including phenoxy) is 5. The number of benzene rings is 5. The van der Waals surface area contributed by atoms with Crippen LogP contribution in [0.15, 0.2) is 91.0 Å². The average Bonchev–Trinajstić information content (AvgIpc) is 3.12. The predicted molar refractivity (Wildman–Crippen MR) is 195 cm³/mol. The number of fused-ring (bicyclic) bond motifs is 4. The lowest BCUT2D eigenvalue weighted by molar-refractivity contribution is 0.00485. The van der Waals surface area contributed by atoms with Gasteiger partial charge in [0.1, 0.15) is 42.0 Å². The molecule has 0 unspecified atom stereocenters. The van der Waals surface area contributed by atoms with Gasteiger partial charge in [0.15, 0.2) is 0 Å². The first-order valence-corrected chi connectivity index (χ1v) is 17.6. The summed E-state index contributed by atoms with van der Waals surface area (Å²) in [5, 5.41) is 34.9. The number of hydrogen-bond donors (Lipinski definition) is 3. The zero-order valence-corrected chi connectivity index (χ0v) is 28.7. The molecule has 0 spiro atoms. The summed E-state index contributed by atoms with van der Waals surface area (Å²) in [5.41, 5.74) is 8.15. The molecule has 12 bridgehead atoms. The molecule has 7 rings (SSSR count). The van der Waals surface area contributed by atoms with Crippen LogP contribution in [0.5, 0.6) is 28.7 Å². The summed E-state index contributed by atoms with van der Waals surface area (Å²) in [6.07, 6.45) is 2.10. The van der Waals surface area contributed by atoms with Crippen LogP contribution in [0, 0.1) is 0 Å². The van der Waals surface area contributed by atoms with Crippen molar-refractivity contribution in [1.29, 1.82) is 0 Å². The molecule has 1 aliphatic carbocycles. The Morgan fingerprint density at radius 1 is 0.294 bits per heavy atom. The van der Waals surface area contributed by atoms with E-state index >= 15 is 0 Å². The summed E-state index contributed by atoms with van der Waals surface area (Å²) < 4.78 is 30.3. The molecule has 51 heavy (non-hydrogen) atoms. The number of phenols is 3. The van der Waals surface area contributed by atoms with Gasteiger partial charge < -0.3 is 39.0 Å². The highest BCUT2D eigenvalue weighted by Crippen LogP contribution is 2.38. The molecule has 5 aromatic rings. The van der Waals surface area contributed by atoms with Crippen LogP contribution in [0.2, 0.25) is 0 Å². The van der Waals surface area contributed by atoms with Crippen molar-refractivity contribution in [2.75, 3.05) is 52.9 Å². The summed E-state index contributed by atoms with van der Waals surface area (Å²) in [6.45, 7) is 3.13. The molecule has 8 heteroatoms. The van der Waals surface area contributed by atoms with E-state index in [1.807, 2.05) is 91.0 Å². The number of hydrogen-bond acceptors (Lipinski definition) is 8. The van der Waals surface area contributed by atoms with Gasteiger partial charge in [-0.15, -0.1) is 0 Å². The van der Waals surface area contributed by atoms with Crippen molar-refractivity contribution in [3.8, 4) is 28.7 Å². The van der Waals surface area contributed by atoms with Crippen molar-refractivity contribution in [3.63, 3.8) is 0 Å². The van der Waals surface area contributed by atoms with E-state index in [1.165, 1.54) is 0 Å². The van der Waals surface area contributed by atoms with E-state index in [2.05, 4.69) is 0 Å². The Kier molecular flexibility index (Phi) is 11.0. The smallest absolute Gasteiger partial charge is 0.126 e. The third-order valence-corrected chi connectivity index (χ3v) is 9.56. The molecule has 0 saturated heterocycles. The molecule has 264 valence electrons. The molecular formula is C43H44O8. The molecule has 0 atom stereocenters. The van der Waals surface area contributed by atoms with Gasteiger partial charge in [-0.05, 0) is 55.6 Å². The first-order valence-electron chi connectivity index (χ1n) is 17.6. The fourth-order valence-electron chi connectivity index (χ4n) is 6.97. The number of aromatic hydroxyl groups is 3. The van der Waals surface area contributed by atoms with Gasteiger partial charge in [0.2, 0.25) is 0 Å². The molecule has 1 aliphatic heterocycles. The standard InChI is InChI=1S/C43H44O8/c44-39-29-6-1-8-31(39)25-35-12-4-14-37-27-33-10-3-11-34(41(33)46)28-38-15-5-13-36(26-32-9-2-7-30(24-29)40(32)45)43(38)51-23-21-49-19-17-47-16-18-48-20-22-50-42(35)37/h1-15,44-46H,16-28H2. The highest BCUT2D eigenvalue weighted by atomic mass is 16.6. The molecule has 2 aliphatic rings. The van der Waals surface area contributed by atoms with Gasteiger partial charge in [-0.25, -0.2) is 0 Å². The van der Waals surface area contributed by atoms with Crippen molar-refractivity contribution < 1.29 is 39.0 Å². The maximum absolute atomic E-state index is 11.7. The number of para-hydroxylation sites is 5. The number of phenolic OH excluding ortho intramolecular Hbond substituents is 3. The largest absolute Gasteiger partial charge is 0.507 e. The highest BCUT2D eigenvalue weighted by Gasteiger charge is 2.20. The number of rotatable bonds is 0. The Hall–Kier alpha value is -5.02. The SMILES string of the molecule is Oc1c2cccc1Cc1cccc3c1OCCOCCOCCOCCOc1c(cccc1Cc1cccc(c1O)C3)Cc1cccc(c1O)C2. The minimum absolute atomic E-state index is 0.189. The van der Waals surface area contributed by atoms with Crippen molar-refractivity contribution >= 4 is 0 Å². The summed E-state index contributed by atoms with van der Waals surface area (Å²) >= 11 is 0. The van der Waals surface area contributed by atoms with Gasteiger partial charge in [-0.2, -0.15) is 0 Å². The van der Waals surface area contributed by atoms with Gasteiger partial charge >= 0.3 is 0 Å². The van der Waals surface area contributed by atoms with Crippen LogP contribution >= 0.6 is 0 Å². The van der Waals surface area contributed by atoms with Gasteiger partial charge in [-0.3, -0.25) is 0 Å². The summed E-state index contributed by atoms with van der Waals surface area (Å²) in [7, 11) is 0. The second-order valence-electron chi connectivity index (χ2n) is 13.0. The first-order chi connectivity index (χ1) is 25.0. The Bertz CT molecular complexity index is 1830. The van der Waals surface area contributed by atoms with Crippen LogP contribution in [0.3, 0.4) is 0 Å². The fraction of sp³-hybridized carbons (Fsp3) is 0.302. The summed E-state index contributed by atoms with van der Waals surface area (Å²) in [5.74, 6) is 2.01. The lowest BCUT2D eigenvalue weighted by Gasteiger charge is -2.20. The molecule has 0 radical (unpaired) electrons. The molecule has 0 saturated carbocycles. The van der Waals surface area contributed by atoms with Gasteiger partial charge in [0.05, 0.1) is 39.6 Å².